The molecule has 18 heavy (non-hydrogen) atoms. The zero-order valence-electron chi connectivity index (χ0n) is 12.1. The molecular weight excluding hydrogens is 224 g/mol. The Kier molecular flexibility index (Phi) is 4.31. The van der Waals surface area contributed by atoms with Crippen LogP contribution in [0.5, 0.6) is 0 Å². The molecule has 1 N–H and O–H groups in total. The molecule has 0 bridgehead atoms. The van der Waals surface area contributed by atoms with Gasteiger partial charge in [0.15, 0.2) is 0 Å². The molecule has 1 rings (SSSR count). The zero-order chi connectivity index (χ0) is 13.9. The lowest BCUT2D eigenvalue weighted by atomic mass is 10.0. The average Bonchev–Trinajstić information content (AvgIpc) is 2.25. The summed E-state index contributed by atoms with van der Waals surface area (Å²) in [5.41, 5.74) is 3.24. The molecule has 0 aliphatic carbocycles. The highest BCUT2D eigenvalue weighted by Crippen LogP contribution is 2.20. The topological polar surface area (TPSA) is 52.0 Å². The van der Waals surface area contributed by atoms with Crippen molar-refractivity contribution < 1.29 is 0 Å². The molecule has 0 saturated carbocycles. The molecule has 0 aromatic carbocycles. The summed E-state index contributed by atoms with van der Waals surface area (Å²) in [6.07, 6.45) is 0. The monoisotopic (exact) mass is 246 g/mol. The van der Waals surface area contributed by atoms with E-state index in [0.717, 1.165) is 23.6 Å². The SMILES string of the molecule is Cc1cc(NCC(C)(C)N(C)C)c(C#N)c(C)n1. The molecule has 0 spiro atoms. The van der Waals surface area contributed by atoms with Crippen LogP contribution in [0.15, 0.2) is 6.07 Å². The van der Waals surface area contributed by atoms with E-state index >= 15 is 0 Å². The Balaban J connectivity index is 2.96. The maximum atomic E-state index is 9.19. The van der Waals surface area contributed by atoms with Crippen molar-refractivity contribution in [2.75, 3.05) is 26.0 Å². The average molecular weight is 246 g/mol. The molecule has 0 atom stereocenters. The first-order valence-electron chi connectivity index (χ1n) is 6.07. The van der Waals surface area contributed by atoms with Crippen LogP contribution in [0.1, 0.15) is 30.8 Å². The van der Waals surface area contributed by atoms with Crippen LogP contribution in [0.4, 0.5) is 5.69 Å². The van der Waals surface area contributed by atoms with Gasteiger partial charge in [0, 0.05) is 17.8 Å². The van der Waals surface area contributed by atoms with E-state index in [1.165, 1.54) is 0 Å². The van der Waals surface area contributed by atoms with Crippen molar-refractivity contribution in [1.82, 2.24) is 9.88 Å². The molecule has 0 radical (unpaired) electrons. The Morgan fingerprint density at radius 2 is 2.00 bits per heavy atom. The smallest absolute Gasteiger partial charge is 0.103 e. The fraction of sp³-hybridized carbons (Fsp3) is 0.571. The number of nitrogens with zero attached hydrogens (tertiary/aromatic N) is 3. The summed E-state index contributed by atoms with van der Waals surface area (Å²) < 4.78 is 0. The predicted octanol–water partition coefficient (Wildman–Crippen LogP) is 2.32. The normalized spacial score (nSPS) is 11.4. The maximum absolute atomic E-state index is 9.19. The Labute approximate surface area is 110 Å². The quantitative estimate of drug-likeness (QED) is 0.886. The number of aromatic nitrogens is 1. The molecule has 4 nitrogen and oxygen atoms in total. The van der Waals surface area contributed by atoms with Crippen LogP contribution in [0, 0.1) is 25.2 Å². The summed E-state index contributed by atoms with van der Waals surface area (Å²) in [7, 11) is 4.10. The van der Waals surface area contributed by atoms with Gasteiger partial charge in [0.25, 0.3) is 0 Å². The van der Waals surface area contributed by atoms with Crippen molar-refractivity contribution in [2.45, 2.75) is 33.2 Å². The molecule has 1 heterocycles. The van der Waals surface area contributed by atoms with Gasteiger partial charge >= 0.3 is 0 Å². The standard InChI is InChI=1S/C14H22N4/c1-10-7-13(12(8-15)11(2)17-10)16-9-14(3,4)18(5)6/h7H,9H2,1-6H3,(H,16,17). The highest BCUT2D eigenvalue weighted by molar-refractivity contribution is 5.60. The van der Waals surface area contributed by atoms with Crippen LogP contribution >= 0.6 is 0 Å². The number of hydrogen-bond donors (Lipinski definition) is 1. The number of anilines is 1. The van der Waals surface area contributed by atoms with Gasteiger partial charge < -0.3 is 10.2 Å². The molecule has 1 aromatic rings. The van der Waals surface area contributed by atoms with Crippen molar-refractivity contribution in [3.8, 4) is 6.07 Å². The van der Waals surface area contributed by atoms with E-state index in [1.807, 2.05) is 19.9 Å². The van der Waals surface area contributed by atoms with Gasteiger partial charge in [0.1, 0.15) is 6.07 Å². The molecule has 1 aromatic heterocycles. The second kappa shape index (κ2) is 5.36. The molecular formula is C14H22N4. The molecule has 0 fully saturated rings. The van der Waals surface area contributed by atoms with Crippen molar-refractivity contribution in [2.24, 2.45) is 0 Å². The van der Waals surface area contributed by atoms with Crippen LogP contribution < -0.4 is 5.32 Å². The maximum Gasteiger partial charge on any atom is 0.103 e. The first kappa shape index (κ1) is 14.5. The lowest BCUT2D eigenvalue weighted by molar-refractivity contribution is 0.210. The number of rotatable bonds is 4. The fourth-order valence-corrected chi connectivity index (χ4v) is 1.58. The predicted molar refractivity (Wildman–Crippen MR) is 74.7 cm³/mol. The largest absolute Gasteiger partial charge is 0.382 e. The molecule has 0 aliphatic heterocycles. The third-order valence-corrected chi connectivity index (χ3v) is 3.36. The summed E-state index contributed by atoms with van der Waals surface area (Å²) >= 11 is 0. The number of hydrogen-bond acceptors (Lipinski definition) is 4. The lowest BCUT2D eigenvalue weighted by Crippen LogP contribution is -2.44. The number of nitriles is 1. The van der Waals surface area contributed by atoms with Gasteiger partial charge in [0.2, 0.25) is 0 Å². The van der Waals surface area contributed by atoms with Crippen LogP contribution in [0.2, 0.25) is 0 Å². The van der Waals surface area contributed by atoms with Crippen LogP contribution in [-0.4, -0.2) is 36.1 Å². The Morgan fingerprint density at radius 1 is 1.39 bits per heavy atom. The second-order valence-corrected chi connectivity index (χ2v) is 5.44. The van der Waals surface area contributed by atoms with Crippen molar-refractivity contribution in [3.63, 3.8) is 0 Å². The van der Waals surface area contributed by atoms with Gasteiger partial charge in [-0.05, 0) is 47.9 Å². The third kappa shape index (κ3) is 3.21. The van der Waals surface area contributed by atoms with Crippen LogP contribution in [0.3, 0.4) is 0 Å². The van der Waals surface area contributed by atoms with Gasteiger partial charge in [-0.2, -0.15) is 5.26 Å². The Morgan fingerprint density at radius 3 is 2.50 bits per heavy atom. The van der Waals surface area contributed by atoms with Crippen LogP contribution in [0.25, 0.3) is 0 Å². The van der Waals surface area contributed by atoms with E-state index in [0.29, 0.717) is 5.56 Å². The van der Waals surface area contributed by atoms with Gasteiger partial charge in [-0.15, -0.1) is 0 Å². The van der Waals surface area contributed by atoms with Gasteiger partial charge in [-0.25, -0.2) is 0 Å². The van der Waals surface area contributed by atoms with Crippen molar-refractivity contribution in [3.05, 3.63) is 23.0 Å². The van der Waals surface area contributed by atoms with E-state index in [9.17, 15) is 5.26 Å². The number of nitrogens with one attached hydrogen (secondary N) is 1. The van der Waals surface area contributed by atoms with E-state index in [-0.39, 0.29) is 5.54 Å². The van der Waals surface area contributed by atoms with Crippen molar-refractivity contribution >= 4 is 5.69 Å². The summed E-state index contributed by atoms with van der Waals surface area (Å²) in [5.74, 6) is 0. The molecule has 98 valence electrons. The van der Waals surface area contributed by atoms with E-state index < -0.39 is 0 Å². The number of aryl methyl sites for hydroxylation is 2. The minimum atomic E-state index is 0.0256. The van der Waals surface area contributed by atoms with Gasteiger partial charge in [-0.1, -0.05) is 0 Å². The fourth-order valence-electron chi connectivity index (χ4n) is 1.58. The minimum Gasteiger partial charge on any atom is -0.382 e. The highest BCUT2D eigenvalue weighted by Gasteiger charge is 2.20. The third-order valence-electron chi connectivity index (χ3n) is 3.36. The van der Waals surface area contributed by atoms with Gasteiger partial charge in [0.05, 0.1) is 16.9 Å². The number of pyridine rings is 1. The lowest BCUT2D eigenvalue weighted by Gasteiger charge is -2.33. The molecule has 4 heteroatoms. The first-order valence-corrected chi connectivity index (χ1v) is 6.07. The highest BCUT2D eigenvalue weighted by atomic mass is 15.2. The molecule has 0 unspecified atom stereocenters. The van der Waals surface area contributed by atoms with E-state index in [4.69, 9.17) is 0 Å². The second-order valence-electron chi connectivity index (χ2n) is 5.44. The van der Waals surface area contributed by atoms with Gasteiger partial charge in [-0.3, -0.25) is 4.98 Å². The number of likely N-dealkylation sites (N-methyl/N-ethyl adjacent to an activating group) is 1. The molecule has 0 saturated heterocycles. The summed E-state index contributed by atoms with van der Waals surface area (Å²) in [4.78, 5) is 6.47. The summed E-state index contributed by atoms with van der Waals surface area (Å²) in [6.45, 7) is 8.90. The first-order chi connectivity index (χ1) is 8.27. The summed E-state index contributed by atoms with van der Waals surface area (Å²) in [5, 5.41) is 12.6. The van der Waals surface area contributed by atoms with E-state index in [2.05, 4.69) is 49.2 Å². The Bertz CT molecular complexity index is 469. The zero-order valence-corrected chi connectivity index (χ0v) is 12.1. The Hall–Kier alpha value is -1.60. The van der Waals surface area contributed by atoms with E-state index in [1.54, 1.807) is 0 Å². The molecule has 0 amide bonds. The van der Waals surface area contributed by atoms with Crippen molar-refractivity contribution in [1.29, 1.82) is 5.26 Å². The minimum absolute atomic E-state index is 0.0256. The summed E-state index contributed by atoms with van der Waals surface area (Å²) in [6, 6.07) is 4.15. The molecule has 0 aliphatic rings. The van der Waals surface area contributed by atoms with Crippen LogP contribution in [-0.2, 0) is 0 Å².